The Morgan fingerprint density at radius 1 is 1.29 bits per heavy atom. The van der Waals surface area contributed by atoms with Crippen LogP contribution in [0.3, 0.4) is 0 Å². The van der Waals surface area contributed by atoms with E-state index in [1.54, 1.807) is 12.1 Å². The third-order valence-corrected chi connectivity index (χ3v) is 5.10. The number of hydrogen-bond acceptors (Lipinski definition) is 5. The van der Waals surface area contributed by atoms with E-state index < -0.39 is 15.9 Å². The van der Waals surface area contributed by atoms with Gasteiger partial charge in [0.05, 0.1) is 18.4 Å². The standard InChI is InChI=1S/C14H15NO4S2/c1-10-6-7-12(20-10)9-14(16)15-21(17,18)13-5-3-4-11(8-13)19-2/h3-8H,9H2,1-2H3,(H,15,16). The van der Waals surface area contributed by atoms with Crippen LogP contribution in [0.2, 0.25) is 0 Å². The zero-order chi connectivity index (χ0) is 15.5. The van der Waals surface area contributed by atoms with Crippen LogP contribution < -0.4 is 9.46 Å². The molecule has 0 aliphatic heterocycles. The van der Waals surface area contributed by atoms with Crippen molar-refractivity contribution in [2.45, 2.75) is 18.2 Å². The van der Waals surface area contributed by atoms with E-state index in [1.807, 2.05) is 19.1 Å². The van der Waals surface area contributed by atoms with Crippen molar-refractivity contribution in [1.82, 2.24) is 4.72 Å². The minimum absolute atomic E-state index is 0.00226. The predicted octanol–water partition coefficient (Wildman–Crippen LogP) is 2.11. The summed E-state index contributed by atoms with van der Waals surface area (Å²) < 4.78 is 31.3. The summed E-state index contributed by atoms with van der Waals surface area (Å²) in [4.78, 5) is 13.8. The van der Waals surface area contributed by atoms with Crippen LogP contribution >= 0.6 is 11.3 Å². The second kappa shape index (κ2) is 6.28. The maximum atomic E-state index is 12.1. The number of rotatable bonds is 5. The first-order valence-electron chi connectivity index (χ1n) is 6.16. The second-order valence-corrected chi connectivity index (χ2v) is 7.45. The molecule has 0 saturated carbocycles. The van der Waals surface area contributed by atoms with Crippen LogP contribution in [0, 0.1) is 6.92 Å². The number of aryl methyl sites for hydroxylation is 1. The minimum Gasteiger partial charge on any atom is -0.497 e. The van der Waals surface area contributed by atoms with Gasteiger partial charge in [0, 0.05) is 15.8 Å². The monoisotopic (exact) mass is 325 g/mol. The van der Waals surface area contributed by atoms with Crippen molar-refractivity contribution < 1.29 is 17.9 Å². The van der Waals surface area contributed by atoms with Crippen LogP contribution in [0.5, 0.6) is 5.75 Å². The summed E-state index contributed by atoms with van der Waals surface area (Å²) in [5.41, 5.74) is 0. The van der Waals surface area contributed by atoms with E-state index in [4.69, 9.17) is 4.74 Å². The van der Waals surface area contributed by atoms with Gasteiger partial charge in [-0.25, -0.2) is 13.1 Å². The number of amides is 1. The number of carbonyl (C=O) groups is 1. The number of benzene rings is 1. The molecule has 0 aliphatic carbocycles. The van der Waals surface area contributed by atoms with Gasteiger partial charge in [0.1, 0.15) is 5.75 Å². The maximum Gasteiger partial charge on any atom is 0.264 e. The Morgan fingerprint density at radius 2 is 2.05 bits per heavy atom. The van der Waals surface area contributed by atoms with Crippen LogP contribution in [-0.4, -0.2) is 21.4 Å². The van der Waals surface area contributed by atoms with Gasteiger partial charge in [-0.1, -0.05) is 6.07 Å². The van der Waals surface area contributed by atoms with Crippen LogP contribution in [0.4, 0.5) is 0 Å². The van der Waals surface area contributed by atoms with Crippen molar-refractivity contribution in [1.29, 1.82) is 0 Å². The Balaban J connectivity index is 2.11. The molecule has 21 heavy (non-hydrogen) atoms. The molecule has 0 fully saturated rings. The van der Waals surface area contributed by atoms with Crippen LogP contribution in [0.1, 0.15) is 9.75 Å². The smallest absolute Gasteiger partial charge is 0.264 e. The molecule has 0 atom stereocenters. The molecule has 0 saturated heterocycles. The largest absolute Gasteiger partial charge is 0.497 e. The topological polar surface area (TPSA) is 72.5 Å². The number of carbonyl (C=O) groups excluding carboxylic acids is 1. The summed E-state index contributed by atoms with van der Waals surface area (Å²) in [5.74, 6) is -0.140. The summed E-state index contributed by atoms with van der Waals surface area (Å²) >= 11 is 1.47. The molecule has 2 aromatic rings. The van der Waals surface area contributed by atoms with E-state index in [0.717, 1.165) is 9.75 Å². The fraction of sp³-hybridized carbons (Fsp3) is 0.214. The maximum absolute atomic E-state index is 12.1. The van der Waals surface area contributed by atoms with Crippen molar-refractivity contribution in [2.24, 2.45) is 0 Å². The van der Waals surface area contributed by atoms with Gasteiger partial charge in [0.15, 0.2) is 0 Å². The SMILES string of the molecule is COc1cccc(S(=O)(=O)NC(=O)Cc2ccc(C)s2)c1. The lowest BCUT2D eigenvalue weighted by atomic mass is 10.3. The molecule has 1 aromatic heterocycles. The van der Waals surface area contributed by atoms with Crippen LogP contribution in [0.15, 0.2) is 41.3 Å². The Kier molecular flexibility index (Phi) is 4.64. The summed E-state index contributed by atoms with van der Waals surface area (Å²) in [5, 5.41) is 0. The number of nitrogens with one attached hydrogen (secondary N) is 1. The highest BCUT2D eigenvalue weighted by Gasteiger charge is 2.18. The Morgan fingerprint density at radius 3 is 2.67 bits per heavy atom. The number of thiophene rings is 1. The molecule has 0 bridgehead atoms. The predicted molar refractivity (Wildman–Crippen MR) is 81.1 cm³/mol. The molecular weight excluding hydrogens is 310 g/mol. The number of sulfonamides is 1. The van der Waals surface area contributed by atoms with Crippen LogP contribution in [-0.2, 0) is 21.2 Å². The molecule has 1 N–H and O–H groups in total. The second-order valence-electron chi connectivity index (χ2n) is 4.40. The lowest BCUT2D eigenvalue weighted by molar-refractivity contribution is -0.118. The highest BCUT2D eigenvalue weighted by atomic mass is 32.2. The Bertz CT molecular complexity index is 750. The first kappa shape index (κ1) is 15.5. The van der Waals surface area contributed by atoms with Gasteiger partial charge in [-0.05, 0) is 31.2 Å². The average molecular weight is 325 g/mol. The summed E-state index contributed by atoms with van der Waals surface area (Å²) in [6.45, 7) is 1.93. The van der Waals surface area contributed by atoms with E-state index in [2.05, 4.69) is 4.72 Å². The van der Waals surface area contributed by atoms with E-state index in [0.29, 0.717) is 5.75 Å². The van der Waals surface area contributed by atoms with E-state index in [9.17, 15) is 13.2 Å². The lowest BCUT2D eigenvalue weighted by Crippen LogP contribution is -2.31. The lowest BCUT2D eigenvalue weighted by Gasteiger charge is -2.07. The molecule has 1 amide bonds. The molecule has 2 rings (SSSR count). The normalized spacial score (nSPS) is 11.1. The van der Waals surface area contributed by atoms with Gasteiger partial charge in [0.2, 0.25) is 5.91 Å². The molecule has 7 heteroatoms. The molecule has 1 heterocycles. The molecular formula is C14H15NO4S2. The Hall–Kier alpha value is -1.86. The average Bonchev–Trinajstić information content (AvgIpc) is 2.83. The Labute approximate surface area is 127 Å². The van der Waals surface area contributed by atoms with Gasteiger partial charge in [-0.2, -0.15) is 0 Å². The summed E-state index contributed by atoms with van der Waals surface area (Å²) in [6.07, 6.45) is 0.0434. The van der Waals surface area contributed by atoms with Gasteiger partial charge in [-0.15, -0.1) is 11.3 Å². The molecule has 0 unspecified atom stereocenters. The first-order valence-corrected chi connectivity index (χ1v) is 8.46. The molecule has 0 aliphatic rings. The third kappa shape index (κ3) is 4.05. The van der Waals surface area contributed by atoms with Crippen molar-refractivity contribution in [2.75, 3.05) is 7.11 Å². The number of ether oxygens (including phenoxy) is 1. The van der Waals surface area contributed by atoms with Gasteiger partial charge in [-0.3, -0.25) is 4.79 Å². The molecule has 112 valence electrons. The molecule has 0 spiro atoms. The summed E-state index contributed by atoms with van der Waals surface area (Å²) in [6, 6.07) is 9.68. The summed E-state index contributed by atoms with van der Waals surface area (Å²) in [7, 11) is -2.43. The van der Waals surface area contributed by atoms with Gasteiger partial charge < -0.3 is 4.74 Å². The number of hydrogen-bond donors (Lipinski definition) is 1. The van der Waals surface area contributed by atoms with Gasteiger partial charge in [0.25, 0.3) is 10.0 Å². The van der Waals surface area contributed by atoms with Crippen LogP contribution in [0.25, 0.3) is 0 Å². The van der Waals surface area contributed by atoms with E-state index >= 15 is 0 Å². The van der Waals surface area contributed by atoms with Crippen molar-refractivity contribution in [3.8, 4) is 5.75 Å². The highest BCUT2D eigenvalue weighted by molar-refractivity contribution is 7.90. The first-order chi connectivity index (χ1) is 9.90. The van der Waals surface area contributed by atoms with Crippen molar-refractivity contribution in [3.05, 3.63) is 46.2 Å². The minimum atomic E-state index is -3.88. The quantitative estimate of drug-likeness (QED) is 0.914. The highest BCUT2D eigenvalue weighted by Crippen LogP contribution is 2.18. The van der Waals surface area contributed by atoms with Gasteiger partial charge >= 0.3 is 0 Å². The molecule has 0 radical (unpaired) electrons. The van der Waals surface area contributed by atoms with E-state index in [1.165, 1.54) is 30.6 Å². The fourth-order valence-corrected chi connectivity index (χ4v) is 3.66. The third-order valence-electron chi connectivity index (χ3n) is 2.73. The van der Waals surface area contributed by atoms with Crippen molar-refractivity contribution in [3.63, 3.8) is 0 Å². The molecule has 5 nitrogen and oxygen atoms in total. The van der Waals surface area contributed by atoms with E-state index in [-0.39, 0.29) is 11.3 Å². The van der Waals surface area contributed by atoms with Crippen molar-refractivity contribution >= 4 is 27.3 Å². The molecule has 1 aromatic carbocycles. The fourth-order valence-electron chi connectivity index (χ4n) is 1.75. The zero-order valence-electron chi connectivity index (χ0n) is 11.6. The number of methoxy groups -OCH3 is 1. The zero-order valence-corrected chi connectivity index (χ0v) is 13.3.